The molecule has 0 aliphatic carbocycles. The predicted octanol–water partition coefficient (Wildman–Crippen LogP) is 3.51. The SMILES string of the molecule is COc1cc([C@@H]2OC[C@H]3[C@@H]2CO[C@@H]3c2cc(OC)c(OC)c(OC)c2)cc(OC)c1O. The van der Waals surface area contributed by atoms with E-state index in [-0.39, 0.29) is 29.8 Å². The van der Waals surface area contributed by atoms with E-state index in [2.05, 4.69) is 0 Å². The molecule has 2 aliphatic rings. The van der Waals surface area contributed by atoms with Crippen LogP contribution in [0.25, 0.3) is 0 Å². The molecule has 168 valence electrons. The summed E-state index contributed by atoms with van der Waals surface area (Å²) in [4.78, 5) is 0. The highest BCUT2D eigenvalue weighted by molar-refractivity contribution is 5.55. The zero-order chi connectivity index (χ0) is 22.1. The van der Waals surface area contributed by atoms with E-state index >= 15 is 0 Å². The van der Waals surface area contributed by atoms with Gasteiger partial charge in [-0.1, -0.05) is 0 Å². The van der Waals surface area contributed by atoms with Gasteiger partial charge in [-0.15, -0.1) is 0 Å². The fourth-order valence-electron chi connectivity index (χ4n) is 4.58. The molecule has 0 saturated carbocycles. The third-order valence-corrected chi connectivity index (χ3v) is 6.11. The largest absolute Gasteiger partial charge is 0.502 e. The third kappa shape index (κ3) is 3.59. The maximum absolute atomic E-state index is 10.2. The molecule has 2 heterocycles. The Balaban J connectivity index is 1.64. The summed E-state index contributed by atoms with van der Waals surface area (Å²) in [5, 5.41) is 10.2. The summed E-state index contributed by atoms with van der Waals surface area (Å²) in [5.41, 5.74) is 1.83. The molecular weight excluding hydrogens is 404 g/mol. The second-order valence-corrected chi connectivity index (χ2v) is 7.57. The summed E-state index contributed by atoms with van der Waals surface area (Å²) >= 11 is 0. The van der Waals surface area contributed by atoms with Crippen LogP contribution in [0.15, 0.2) is 24.3 Å². The van der Waals surface area contributed by atoms with Crippen LogP contribution in [0, 0.1) is 11.8 Å². The highest BCUT2D eigenvalue weighted by Crippen LogP contribution is 2.53. The number of ether oxygens (including phenoxy) is 7. The lowest BCUT2D eigenvalue weighted by Gasteiger charge is -2.20. The molecule has 8 nitrogen and oxygen atoms in total. The first-order valence-electron chi connectivity index (χ1n) is 10.0. The number of aromatic hydroxyl groups is 1. The van der Waals surface area contributed by atoms with Gasteiger partial charge >= 0.3 is 0 Å². The summed E-state index contributed by atoms with van der Waals surface area (Å²) in [6.45, 7) is 1.09. The van der Waals surface area contributed by atoms with Gasteiger partial charge in [-0.25, -0.2) is 0 Å². The summed E-state index contributed by atoms with van der Waals surface area (Å²) in [5.74, 6) is 2.69. The van der Waals surface area contributed by atoms with Gasteiger partial charge in [-0.2, -0.15) is 0 Å². The predicted molar refractivity (Wildman–Crippen MR) is 112 cm³/mol. The van der Waals surface area contributed by atoms with Gasteiger partial charge in [0.15, 0.2) is 23.0 Å². The normalized spacial score (nSPS) is 24.5. The molecule has 0 unspecified atom stereocenters. The Labute approximate surface area is 181 Å². The van der Waals surface area contributed by atoms with Crippen molar-refractivity contribution in [1.29, 1.82) is 0 Å². The van der Waals surface area contributed by atoms with Crippen molar-refractivity contribution in [3.63, 3.8) is 0 Å². The van der Waals surface area contributed by atoms with Crippen molar-refractivity contribution in [2.24, 2.45) is 11.8 Å². The van der Waals surface area contributed by atoms with Gasteiger partial charge in [0.2, 0.25) is 11.5 Å². The van der Waals surface area contributed by atoms with Gasteiger partial charge in [0.05, 0.1) is 61.0 Å². The minimum Gasteiger partial charge on any atom is -0.502 e. The van der Waals surface area contributed by atoms with Crippen LogP contribution in [0.3, 0.4) is 0 Å². The number of phenols is 1. The molecule has 0 bridgehead atoms. The first-order valence-corrected chi connectivity index (χ1v) is 10.0. The van der Waals surface area contributed by atoms with E-state index in [0.717, 1.165) is 11.1 Å². The van der Waals surface area contributed by atoms with Crippen molar-refractivity contribution < 1.29 is 38.3 Å². The third-order valence-electron chi connectivity index (χ3n) is 6.11. The van der Waals surface area contributed by atoms with Crippen LogP contribution in [0.1, 0.15) is 23.3 Å². The van der Waals surface area contributed by atoms with Crippen LogP contribution in [-0.4, -0.2) is 53.9 Å². The highest BCUT2D eigenvalue weighted by Gasteiger charge is 2.48. The van der Waals surface area contributed by atoms with Crippen molar-refractivity contribution in [1.82, 2.24) is 0 Å². The van der Waals surface area contributed by atoms with Crippen molar-refractivity contribution in [3.05, 3.63) is 35.4 Å². The minimum atomic E-state index is -0.194. The maximum Gasteiger partial charge on any atom is 0.203 e. The van der Waals surface area contributed by atoms with E-state index < -0.39 is 0 Å². The summed E-state index contributed by atoms with van der Waals surface area (Å²) in [6.07, 6.45) is -0.356. The fourth-order valence-corrected chi connectivity index (χ4v) is 4.58. The van der Waals surface area contributed by atoms with Crippen LogP contribution >= 0.6 is 0 Å². The second kappa shape index (κ2) is 8.72. The number of rotatable bonds is 7. The molecule has 8 heteroatoms. The van der Waals surface area contributed by atoms with Crippen molar-refractivity contribution >= 4 is 0 Å². The van der Waals surface area contributed by atoms with Crippen LogP contribution < -0.4 is 23.7 Å². The number of fused-ring (bicyclic) bond motifs is 1. The number of methoxy groups -OCH3 is 5. The average Bonchev–Trinajstić information content (AvgIpc) is 3.40. The van der Waals surface area contributed by atoms with E-state index in [4.69, 9.17) is 33.2 Å². The molecule has 0 spiro atoms. The minimum absolute atomic E-state index is 0.0266. The number of benzene rings is 2. The number of hydrogen-bond acceptors (Lipinski definition) is 8. The van der Waals surface area contributed by atoms with Gasteiger partial charge < -0.3 is 38.3 Å². The van der Waals surface area contributed by atoms with E-state index in [1.54, 1.807) is 33.5 Å². The summed E-state index contributed by atoms with van der Waals surface area (Å²) in [7, 11) is 7.79. The molecule has 2 aliphatic heterocycles. The smallest absolute Gasteiger partial charge is 0.203 e. The molecule has 2 aromatic rings. The molecular formula is C23H28O8. The lowest BCUT2D eigenvalue weighted by atomic mass is 9.84. The molecule has 0 aromatic heterocycles. The van der Waals surface area contributed by atoms with Crippen molar-refractivity contribution in [2.45, 2.75) is 12.2 Å². The van der Waals surface area contributed by atoms with Crippen molar-refractivity contribution in [2.75, 3.05) is 48.8 Å². The fraction of sp³-hybridized carbons (Fsp3) is 0.478. The van der Waals surface area contributed by atoms with Crippen LogP contribution in [0.4, 0.5) is 0 Å². The first kappa shape index (κ1) is 21.4. The Bertz CT molecular complexity index is 893. The first-order chi connectivity index (χ1) is 15.1. The van der Waals surface area contributed by atoms with Crippen LogP contribution in [0.5, 0.6) is 34.5 Å². The second-order valence-electron chi connectivity index (χ2n) is 7.57. The van der Waals surface area contributed by atoms with Gasteiger partial charge in [0.25, 0.3) is 0 Å². The summed E-state index contributed by atoms with van der Waals surface area (Å²) < 4.78 is 39.5. The number of phenolic OH excluding ortho intramolecular Hbond substituents is 1. The molecule has 4 atom stereocenters. The lowest BCUT2D eigenvalue weighted by Crippen LogP contribution is -2.15. The lowest BCUT2D eigenvalue weighted by molar-refractivity contribution is 0.0190. The van der Waals surface area contributed by atoms with Crippen molar-refractivity contribution in [3.8, 4) is 34.5 Å². The summed E-state index contributed by atoms with van der Waals surface area (Å²) in [6, 6.07) is 7.43. The Morgan fingerprint density at radius 2 is 1.03 bits per heavy atom. The van der Waals surface area contributed by atoms with Gasteiger partial charge in [0, 0.05) is 11.8 Å². The van der Waals surface area contributed by atoms with Gasteiger partial charge in [-0.3, -0.25) is 0 Å². The van der Waals surface area contributed by atoms with Crippen LogP contribution in [0.2, 0.25) is 0 Å². The Morgan fingerprint density at radius 1 is 0.645 bits per heavy atom. The molecule has 4 rings (SSSR count). The van der Waals surface area contributed by atoms with E-state index in [1.807, 2.05) is 12.1 Å². The molecule has 0 radical (unpaired) electrons. The van der Waals surface area contributed by atoms with Gasteiger partial charge in [-0.05, 0) is 35.4 Å². The van der Waals surface area contributed by atoms with Gasteiger partial charge in [0.1, 0.15) is 0 Å². The van der Waals surface area contributed by atoms with E-state index in [1.165, 1.54) is 14.2 Å². The van der Waals surface area contributed by atoms with E-state index in [9.17, 15) is 5.11 Å². The quantitative estimate of drug-likeness (QED) is 0.712. The maximum atomic E-state index is 10.2. The molecule has 1 N–H and O–H groups in total. The molecule has 31 heavy (non-hydrogen) atoms. The standard InChI is InChI=1S/C23H28O8/c1-25-16-6-12(7-17(26-2)20(16)24)21-14-10-31-22(15(14)11-30-21)13-8-18(27-3)23(29-5)19(9-13)28-4/h6-9,14-15,21-22,24H,10-11H2,1-5H3/t14-,15-,21-,22+/m0/s1. The topological polar surface area (TPSA) is 84.8 Å². The Hall–Kier alpha value is -2.84. The monoisotopic (exact) mass is 432 g/mol. The molecule has 2 aromatic carbocycles. The molecule has 2 saturated heterocycles. The Morgan fingerprint density at radius 3 is 1.39 bits per heavy atom. The van der Waals surface area contributed by atoms with Crippen LogP contribution in [-0.2, 0) is 9.47 Å². The Kier molecular flexibility index (Phi) is 6.02. The molecule has 0 amide bonds. The average molecular weight is 432 g/mol. The zero-order valence-corrected chi connectivity index (χ0v) is 18.3. The molecule has 2 fully saturated rings. The number of hydrogen-bond donors (Lipinski definition) is 1. The highest BCUT2D eigenvalue weighted by atomic mass is 16.5. The van der Waals surface area contributed by atoms with E-state index in [0.29, 0.717) is 42.0 Å². The zero-order valence-electron chi connectivity index (χ0n) is 18.3.